The molecule has 0 heterocycles. The summed E-state index contributed by atoms with van der Waals surface area (Å²) in [5.74, 6) is -1.38. The molecule has 0 aliphatic carbocycles. The minimum atomic E-state index is -4.63. The van der Waals surface area contributed by atoms with Crippen LogP contribution in [0.1, 0.15) is 31.7 Å². The average molecular weight is 332 g/mol. The van der Waals surface area contributed by atoms with E-state index in [-0.39, 0.29) is 6.61 Å². The number of ether oxygens (including phenoxy) is 2. The van der Waals surface area contributed by atoms with Crippen molar-refractivity contribution in [2.24, 2.45) is 0 Å². The summed E-state index contributed by atoms with van der Waals surface area (Å²) in [6.07, 6.45) is -6.14. The summed E-state index contributed by atoms with van der Waals surface area (Å²) in [4.78, 5) is 22.5. The van der Waals surface area contributed by atoms with E-state index in [4.69, 9.17) is 4.74 Å². The second kappa shape index (κ2) is 8.10. The zero-order chi connectivity index (χ0) is 17.5. The molecule has 0 fully saturated rings. The summed E-state index contributed by atoms with van der Waals surface area (Å²) in [6.45, 7) is 0.684. The highest BCUT2D eigenvalue weighted by Gasteiger charge is 2.52. The van der Waals surface area contributed by atoms with E-state index < -0.39 is 42.8 Å². The van der Waals surface area contributed by atoms with Crippen molar-refractivity contribution in [3.8, 4) is 0 Å². The van der Waals surface area contributed by atoms with Gasteiger partial charge in [-0.2, -0.15) is 13.2 Å². The van der Waals surface area contributed by atoms with E-state index in [1.807, 2.05) is 0 Å². The normalized spacial score (nSPS) is 14.1. The molecule has 4 nitrogen and oxygen atoms in total. The Morgan fingerprint density at radius 2 is 1.74 bits per heavy atom. The number of benzene rings is 1. The third kappa shape index (κ3) is 6.02. The Morgan fingerprint density at radius 3 is 2.26 bits per heavy atom. The molecule has 0 aromatic heterocycles. The van der Waals surface area contributed by atoms with Crippen molar-refractivity contribution >= 4 is 11.8 Å². The summed E-state index contributed by atoms with van der Waals surface area (Å²) < 4.78 is 49.2. The van der Waals surface area contributed by atoms with Crippen LogP contribution in [0.3, 0.4) is 0 Å². The van der Waals surface area contributed by atoms with E-state index >= 15 is 0 Å². The number of esters is 1. The molecular weight excluding hydrogens is 313 g/mol. The van der Waals surface area contributed by atoms with E-state index in [0.717, 1.165) is 14.0 Å². The molecule has 1 atom stereocenters. The molecule has 23 heavy (non-hydrogen) atoms. The SMILES string of the molecule is COC(=O)CC(=O)CC[C@@](C)(OCc1ccccc1)C(F)(F)F. The number of ketones is 1. The van der Waals surface area contributed by atoms with Crippen LogP contribution in [-0.4, -0.2) is 30.6 Å². The van der Waals surface area contributed by atoms with Crippen molar-refractivity contribution in [2.45, 2.75) is 44.6 Å². The zero-order valence-corrected chi connectivity index (χ0v) is 13.0. The third-order valence-corrected chi connectivity index (χ3v) is 3.45. The van der Waals surface area contributed by atoms with Gasteiger partial charge < -0.3 is 9.47 Å². The lowest BCUT2D eigenvalue weighted by Gasteiger charge is -2.32. The van der Waals surface area contributed by atoms with Gasteiger partial charge in [0.25, 0.3) is 0 Å². The maximum Gasteiger partial charge on any atom is 0.417 e. The van der Waals surface area contributed by atoms with Gasteiger partial charge in [0.2, 0.25) is 0 Å². The Labute approximate surface area is 132 Å². The predicted octanol–water partition coefficient (Wildman–Crippen LogP) is 3.44. The number of hydrogen-bond donors (Lipinski definition) is 0. The third-order valence-electron chi connectivity index (χ3n) is 3.45. The average Bonchev–Trinajstić information content (AvgIpc) is 2.50. The second-order valence-electron chi connectivity index (χ2n) is 5.29. The highest BCUT2D eigenvalue weighted by molar-refractivity contribution is 5.95. The first kappa shape index (κ1) is 19.2. The maximum absolute atomic E-state index is 13.3. The molecule has 0 aliphatic rings. The summed E-state index contributed by atoms with van der Waals surface area (Å²) in [5.41, 5.74) is -1.86. The van der Waals surface area contributed by atoms with Gasteiger partial charge in [-0.1, -0.05) is 30.3 Å². The highest BCUT2D eigenvalue weighted by Crippen LogP contribution is 2.37. The topological polar surface area (TPSA) is 52.6 Å². The van der Waals surface area contributed by atoms with Crippen molar-refractivity contribution in [3.63, 3.8) is 0 Å². The molecule has 0 radical (unpaired) electrons. The van der Waals surface area contributed by atoms with Crippen molar-refractivity contribution in [3.05, 3.63) is 35.9 Å². The first-order valence-corrected chi connectivity index (χ1v) is 7.01. The Bertz CT molecular complexity index is 528. The van der Waals surface area contributed by atoms with Crippen LogP contribution >= 0.6 is 0 Å². The molecule has 1 rings (SSSR count). The summed E-state index contributed by atoms with van der Waals surface area (Å²) in [5, 5.41) is 0. The van der Waals surface area contributed by atoms with Gasteiger partial charge in [0.15, 0.2) is 5.60 Å². The number of halogens is 3. The molecular formula is C16H19F3O4. The number of hydrogen-bond acceptors (Lipinski definition) is 4. The van der Waals surface area contributed by atoms with E-state index in [9.17, 15) is 22.8 Å². The van der Waals surface area contributed by atoms with Crippen LogP contribution in [0, 0.1) is 0 Å². The van der Waals surface area contributed by atoms with Crippen LogP contribution < -0.4 is 0 Å². The van der Waals surface area contributed by atoms with Crippen molar-refractivity contribution in [1.29, 1.82) is 0 Å². The van der Waals surface area contributed by atoms with E-state index in [1.54, 1.807) is 30.3 Å². The Hall–Kier alpha value is -1.89. The van der Waals surface area contributed by atoms with Gasteiger partial charge in [0, 0.05) is 6.42 Å². The van der Waals surface area contributed by atoms with Crippen molar-refractivity contribution in [1.82, 2.24) is 0 Å². The van der Waals surface area contributed by atoms with Crippen LogP contribution in [0.4, 0.5) is 13.2 Å². The monoisotopic (exact) mass is 332 g/mol. The van der Waals surface area contributed by atoms with Crippen LogP contribution in [0.25, 0.3) is 0 Å². The standard InChI is InChI=1S/C16H19F3O4/c1-15(16(17,18)19,9-8-13(20)10-14(21)22-2)23-11-12-6-4-3-5-7-12/h3-7H,8-11H2,1-2H3/t15-/m1/s1. The van der Waals surface area contributed by atoms with Gasteiger partial charge in [-0.25, -0.2) is 0 Å². The molecule has 128 valence electrons. The molecule has 7 heteroatoms. The molecule has 1 aromatic rings. The van der Waals surface area contributed by atoms with Crippen LogP contribution in [0.2, 0.25) is 0 Å². The highest BCUT2D eigenvalue weighted by atomic mass is 19.4. The fourth-order valence-corrected chi connectivity index (χ4v) is 1.81. The summed E-state index contributed by atoms with van der Waals surface area (Å²) >= 11 is 0. The molecule has 0 unspecified atom stereocenters. The van der Waals surface area contributed by atoms with Gasteiger partial charge in [-0.15, -0.1) is 0 Å². The predicted molar refractivity (Wildman–Crippen MR) is 76.6 cm³/mol. The van der Waals surface area contributed by atoms with E-state index in [1.165, 1.54) is 0 Å². The molecule has 0 N–H and O–H groups in total. The lowest BCUT2D eigenvalue weighted by Crippen LogP contribution is -2.45. The molecule has 0 spiro atoms. The molecule has 0 amide bonds. The fourth-order valence-electron chi connectivity index (χ4n) is 1.81. The van der Waals surface area contributed by atoms with Crippen molar-refractivity contribution in [2.75, 3.05) is 7.11 Å². The quantitative estimate of drug-likeness (QED) is 0.540. The number of carbonyl (C=O) groups is 2. The minimum absolute atomic E-state index is 0.220. The lowest BCUT2D eigenvalue weighted by atomic mass is 9.96. The lowest BCUT2D eigenvalue weighted by molar-refractivity contribution is -0.277. The van der Waals surface area contributed by atoms with Gasteiger partial charge >= 0.3 is 12.1 Å². The maximum atomic E-state index is 13.3. The van der Waals surface area contributed by atoms with Gasteiger partial charge in [0.05, 0.1) is 13.7 Å². The Balaban J connectivity index is 2.67. The number of methoxy groups -OCH3 is 1. The van der Waals surface area contributed by atoms with Crippen LogP contribution in [0.5, 0.6) is 0 Å². The molecule has 0 aliphatic heterocycles. The molecule has 0 bridgehead atoms. The summed E-state index contributed by atoms with van der Waals surface area (Å²) in [7, 11) is 1.11. The minimum Gasteiger partial charge on any atom is -0.469 e. The number of carbonyl (C=O) groups excluding carboxylic acids is 2. The molecule has 1 aromatic carbocycles. The number of alkyl halides is 3. The number of rotatable bonds is 8. The van der Waals surface area contributed by atoms with E-state index in [2.05, 4.69) is 4.74 Å². The van der Waals surface area contributed by atoms with Gasteiger partial charge in [0.1, 0.15) is 12.2 Å². The smallest absolute Gasteiger partial charge is 0.417 e. The van der Waals surface area contributed by atoms with E-state index in [0.29, 0.717) is 5.56 Å². The Morgan fingerprint density at radius 1 is 1.13 bits per heavy atom. The summed E-state index contributed by atoms with van der Waals surface area (Å²) in [6, 6.07) is 8.45. The molecule has 0 saturated heterocycles. The van der Waals surface area contributed by atoms with Crippen molar-refractivity contribution < 1.29 is 32.2 Å². The first-order valence-electron chi connectivity index (χ1n) is 7.01. The van der Waals surface area contributed by atoms with Gasteiger partial charge in [-0.3, -0.25) is 9.59 Å². The Kier molecular flexibility index (Phi) is 6.75. The zero-order valence-electron chi connectivity index (χ0n) is 13.0. The second-order valence-corrected chi connectivity index (χ2v) is 5.29. The largest absolute Gasteiger partial charge is 0.469 e. The number of Topliss-reactive ketones (excluding diaryl/α,β-unsaturated/α-hetero) is 1. The fraction of sp³-hybridized carbons (Fsp3) is 0.500. The van der Waals surface area contributed by atoms with Crippen LogP contribution in [0.15, 0.2) is 30.3 Å². The van der Waals surface area contributed by atoms with Gasteiger partial charge in [-0.05, 0) is 18.9 Å². The first-order chi connectivity index (χ1) is 10.7. The molecule has 0 saturated carbocycles. The van der Waals surface area contributed by atoms with Crippen LogP contribution in [-0.2, 0) is 25.7 Å².